The fraction of sp³-hybridized carbons (Fsp3) is 0.389. The lowest BCUT2D eigenvalue weighted by Gasteiger charge is -2.31. The van der Waals surface area contributed by atoms with E-state index >= 15 is 0 Å². The third kappa shape index (κ3) is 3.89. The largest absolute Gasteiger partial charge is 0.377 e. The van der Waals surface area contributed by atoms with Crippen LogP contribution in [0.5, 0.6) is 0 Å². The van der Waals surface area contributed by atoms with Gasteiger partial charge in [-0.1, -0.05) is 24.3 Å². The number of carbonyl (C=O) groups excluding carboxylic acids is 1. The SMILES string of the molecule is C=CCOCC1CCN(C(=O)c2cnn(-c3ccccc3)n2)CC1. The van der Waals surface area contributed by atoms with E-state index < -0.39 is 0 Å². The zero-order valence-electron chi connectivity index (χ0n) is 13.7. The molecule has 0 atom stereocenters. The van der Waals surface area contributed by atoms with Crippen LogP contribution in [0.1, 0.15) is 23.3 Å². The minimum absolute atomic E-state index is 0.0531. The van der Waals surface area contributed by atoms with Crippen LogP contribution in [0.25, 0.3) is 5.69 Å². The molecule has 0 aliphatic carbocycles. The monoisotopic (exact) mass is 326 g/mol. The van der Waals surface area contributed by atoms with E-state index in [-0.39, 0.29) is 5.91 Å². The number of rotatable bonds is 6. The van der Waals surface area contributed by atoms with Crippen molar-refractivity contribution in [2.75, 3.05) is 26.3 Å². The van der Waals surface area contributed by atoms with Crippen LogP contribution in [0, 0.1) is 5.92 Å². The molecule has 3 rings (SSSR count). The first-order chi connectivity index (χ1) is 11.8. The molecule has 24 heavy (non-hydrogen) atoms. The number of piperidine rings is 1. The van der Waals surface area contributed by atoms with Crippen LogP contribution < -0.4 is 0 Å². The van der Waals surface area contributed by atoms with Crippen molar-refractivity contribution in [3.8, 4) is 5.69 Å². The zero-order chi connectivity index (χ0) is 16.8. The molecule has 2 aromatic rings. The Kier molecular flexibility index (Phi) is 5.38. The standard InChI is InChI=1S/C18H22N4O2/c1-2-12-24-14-15-8-10-21(11-9-15)18(23)17-13-19-22(20-17)16-6-4-3-5-7-16/h2-7,13,15H,1,8-12,14H2. The summed E-state index contributed by atoms with van der Waals surface area (Å²) in [6.45, 7) is 6.43. The lowest BCUT2D eigenvalue weighted by molar-refractivity contribution is 0.0570. The van der Waals surface area contributed by atoms with E-state index in [9.17, 15) is 4.79 Å². The molecule has 6 heteroatoms. The molecule has 6 nitrogen and oxygen atoms in total. The summed E-state index contributed by atoms with van der Waals surface area (Å²) in [6.07, 6.45) is 5.20. The minimum Gasteiger partial charge on any atom is -0.377 e. The lowest BCUT2D eigenvalue weighted by atomic mass is 9.97. The van der Waals surface area contributed by atoms with E-state index in [1.54, 1.807) is 6.08 Å². The predicted molar refractivity (Wildman–Crippen MR) is 91.0 cm³/mol. The lowest BCUT2D eigenvalue weighted by Crippen LogP contribution is -2.39. The smallest absolute Gasteiger partial charge is 0.276 e. The van der Waals surface area contributed by atoms with Crippen molar-refractivity contribution in [2.45, 2.75) is 12.8 Å². The van der Waals surface area contributed by atoms with Crippen molar-refractivity contribution in [3.63, 3.8) is 0 Å². The van der Waals surface area contributed by atoms with Crippen molar-refractivity contribution in [1.82, 2.24) is 19.9 Å². The van der Waals surface area contributed by atoms with Crippen molar-refractivity contribution in [2.24, 2.45) is 5.92 Å². The molecular weight excluding hydrogens is 304 g/mol. The number of aromatic nitrogens is 3. The number of nitrogens with zero attached hydrogens (tertiary/aromatic N) is 4. The molecule has 0 unspecified atom stereocenters. The summed E-state index contributed by atoms with van der Waals surface area (Å²) in [5.41, 5.74) is 1.23. The van der Waals surface area contributed by atoms with Crippen LogP contribution in [0.15, 0.2) is 49.2 Å². The summed E-state index contributed by atoms with van der Waals surface area (Å²) in [4.78, 5) is 15.9. The maximum atomic E-state index is 12.6. The normalized spacial score (nSPS) is 15.4. The molecule has 1 aliphatic rings. The molecule has 0 spiro atoms. The molecule has 2 heterocycles. The number of ether oxygens (including phenoxy) is 1. The third-order valence-electron chi connectivity index (χ3n) is 4.19. The maximum absolute atomic E-state index is 12.6. The van der Waals surface area contributed by atoms with Gasteiger partial charge in [0.1, 0.15) is 0 Å². The summed E-state index contributed by atoms with van der Waals surface area (Å²) in [6, 6.07) is 9.58. The first kappa shape index (κ1) is 16.4. The van der Waals surface area contributed by atoms with Crippen molar-refractivity contribution in [3.05, 3.63) is 54.9 Å². The predicted octanol–water partition coefficient (Wildman–Crippen LogP) is 2.32. The Morgan fingerprint density at radius 1 is 1.29 bits per heavy atom. The number of carbonyl (C=O) groups is 1. The van der Waals surface area contributed by atoms with Crippen LogP contribution >= 0.6 is 0 Å². The number of hydrogen-bond donors (Lipinski definition) is 0. The Morgan fingerprint density at radius 2 is 2.04 bits per heavy atom. The number of benzene rings is 1. The molecule has 126 valence electrons. The first-order valence-electron chi connectivity index (χ1n) is 8.23. The second-order valence-electron chi connectivity index (χ2n) is 5.92. The molecule has 1 aromatic carbocycles. The quantitative estimate of drug-likeness (QED) is 0.604. The molecule has 1 amide bonds. The topological polar surface area (TPSA) is 60.2 Å². The average Bonchev–Trinajstić information content (AvgIpc) is 3.13. The Morgan fingerprint density at radius 3 is 2.75 bits per heavy atom. The van der Waals surface area contributed by atoms with Gasteiger partial charge in [-0.3, -0.25) is 4.79 Å². The van der Waals surface area contributed by atoms with Gasteiger partial charge in [-0.2, -0.15) is 9.90 Å². The Balaban J connectivity index is 1.56. The van der Waals surface area contributed by atoms with Crippen LogP contribution in [0.2, 0.25) is 0 Å². The van der Waals surface area contributed by atoms with Gasteiger partial charge in [-0.25, -0.2) is 0 Å². The highest BCUT2D eigenvalue weighted by atomic mass is 16.5. The number of likely N-dealkylation sites (tertiary alicyclic amines) is 1. The fourth-order valence-electron chi connectivity index (χ4n) is 2.83. The molecule has 0 N–H and O–H groups in total. The average molecular weight is 326 g/mol. The molecular formula is C18H22N4O2. The molecule has 0 saturated carbocycles. The molecule has 0 bridgehead atoms. The van der Waals surface area contributed by atoms with Crippen LogP contribution in [-0.4, -0.2) is 52.1 Å². The van der Waals surface area contributed by atoms with Crippen molar-refractivity contribution < 1.29 is 9.53 Å². The molecule has 0 radical (unpaired) electrons. The van der Waals surface area contributed by atoms with Gasteiger partial charge in [-0.15, -0.1) is 11.7 Å². The van der Waals surface area contributed by atoms with Gasteiger partial charge >= 0.3 is 0 Å². The van der Waals surface area contributed by atoms with Gasteiger partial charge in [0, 0.05) is 19.7 Å². The molecule has 1 aromatic heterocycles. The summed E-state index contributed by atoms with van der Waals surface area (Å²) in [7, 11) is 0. The van der Waals surface area contributed by atoms with Gasteiger partial charge in [0.2, 0.25) is 0 Å². The van der Waals surface area contributed by atoms with Crippen LogP contribution in [-0.2, 0) is 4.74 Å². The molecule has 1 aliphatic heterocycles. The summed E-state index contributed by atoms with van der Waals surface area (Å²) >= 11 is 0. The van der Waals surface area contributed by atoms with E-state index in [2.05, 4.69) is 16.8 Å². The second kappa shape index (κ2) is 7.88. The second-order valence-corrected chi connectivity index (χ2v) is 5.92. The van der Waals surface area contributed by atoms with Crippen LogP contribution in [0.3, 0.4) is 0 Å². The summed E-state index contributed by atoms with van der Waals surface area (Å²) < 4.78 is 5.51. The van der Waals surface area contributed by atoms with Crippen LogP contribution in [0.4, 0.5) is 0 Å². The van der Waals surface area contributed by atoms with E-state index in [1.165, 1.54) is 11.0 Å². The van der Waals surface area contributed by atoms with Gasteiger partial charge in [0.05, 0.1) is 18.5 Å². The van der Waals surface area contributed by atoms with E-state index in [0.29, 0.717) is 18.2 Å². The molecule has 1 fully saturated rings. The number of hydrogen-bond acceptors (Lipinski definition) is 4. The Bertz CT molecular complexity index is 675. The first-order valence-corrected chi connectivity index (χ1v) is 8.23. The Hall–Kier alpha value is -2.47. The summed E-state index contributed by atoms with van der Waals surface area (Å²) in [5.74, 6) is 0.455. The third-order valence-corrected chi connectivity index (χ3v) is 4.19. The van der Waals surface area contributed by atoms with E-state index in [4.69, 9.17) is 4.74 Å². The maximum Gasteiger partial charge on any atom is 0.276 e. The highest BCUT2D eigenvalue weighted by Crippen LogP contribution is 2.19. The molecule has 1 saturated heterocycles. The number of amides is 1. The van der Waals surface area contributed by atoms with Gasteiger partial charge in [0.15, 0.2) is 5.69 Å². The van der Waals surface area contributed by atoms with Gasteiger partial charge < -0.3 is 9.64 Å². The van der Waals surface area contributed by atoms with Gasteiger partial charge in [-0.05, 0) is 30.9 Å². The minimum atomic E-state index is -0.0531. The highest BCUT2D eigenvalue weighted by Gasteiger charge is 2.25. The van der Waals surface area contributed by atoms with Crippen molar-refractivity contribution >= 4 is 5.91 Å². The van der Waals surface area contributed by atoms with E-state index in [1.807, 2.05) is 35.2 Å². The van der Waals surface area contributed by atoms with E-state index in [0.717, 1.165) is 38.2 Å². The zero-order valence-corrected chi connectivity index (χ0v) is 13.7. The van der Waals surface area contributed by atoms with Crippen molar-refractivity contribution in [1.29, 1.82) is 0 Å². The number of para-hydroxylation sites is 1. The van der Waals surface area contributed by atoms with Gasteiger partial charge in [0.25, 0.3) is 5.91 Å². The Labute approximate surface area is 141 Å². The highest BCUT2D eigenvalue weighted by molar-refractivity contribution is 5.92. The fourth-order valence-corrected chi connectivity index (χ4v) is 2.83. The summed E-state index contributed by atoms with van der Waals surface area (Å²) in [5, 5.41) is 8.51.